The van der Waals surface area contributed by atoms with Gasteiger partial charge in [-0.25, -0.2) is 4.68 Å². The zero-order valence-corrected chi connectivity index (χ0v) is 12.6. The summed E-state index contributed by atoms with van der Waals surface area (Å²) < 4.78 is 47.4. The number of fused-ring (bicyclic) bond motifs is 2. The SMILES string of the molecule is O=C(Cn1nc(C(F)(F)F)c2c1CCOC2)N1CCn2nccc21. The largest absolute Gasteiger partial charge is 0.435 e. The highest BCUT2D eigenvalue weighted by Gasteiger charge is 2.40. The summed E-state index contributed by atoms with van der Waals surface area (Å²) >= 11 is 0. The van der Waals surface area contributed by atoms with E-state index in [1.54, 1.807) is 16.9 Å². The van der Waals surface area contributed by atoms with Gasteiger partial charge in [-0.2, -0.15) is 23.4 Å². The minimum atomic E-state index is -4.56. The van der Waals surface area contributed by atoms with E-state index in [-0.39, 0.29) is 24.6 Å². The number of hydrogen-bond acceptors (Lipinski definition) is 4. The number of carbonyl (C=O) groups excluding carboxylic acids is 1. The van der Waals surface area contributed by atoms with Gasteiger partial charge in [-0.05, 0) is 0 Å². The first kappa shape index (κ1) is 15.2. The second-order valence-electron chi connectivity index (χ2n) is 5.69. The fraction of sp³-hybridized carbons (Fsp3) is 0.500. The van der Waals surface area contributed by atoms with Crippen LogP contribution in [0.4, 0.5) is 19.0 Å². The van der Waals surface area contributed by atoms with Gasteiger partial charge in [-0.15, -0.1) is 0 Å². The van der Waals surface area contributed by atoms with Gasteiger partial charge in [0.1, 0.15) is 12.4 Å². The number of halogens is 3. The highest BCUT2D eigenvalue weighted by molar-refractivity contribution is 5.93. The van der Waals surface area contributed by atoms with Crippen LogP contribution in [0, 0.1) is 0 Å². The molecule has 128 valence electrons. The molecular weight excluding hydrogens is 327 g/mol. The summed E-state index contributed by atoms with van der Waals surface area (Å²) in [5, 5.41) is 7.74. The molecule has 0 fully saturated rings. The number of ether oxygens (including phenoxy) is 1. The number of hydrogen-bond donors (Lipinski definition) is 0. The van der Waals surface area contributed by atoms with Crippen LogP contribution >= 0.6 is 0 Å². The van der Waals surface area contributed by atoms with Crippen LogP contribution in [0.15, 0.2) is 12.3 Å². The van der Waals surface area contributed by atoms with Gasteiger partial charge in [0.2, 0.25) is 5.91 Å². The average Bonchev–Trinajstić information content (AvgIpc) is 3.20. The van der Waals surface area contributed by atoms with Crippen molar-refractivity contribution in [3.63, 3.8) is 0 Å². The van der Waals surface area contributed by atoms with Crippen LogP contribution in [0.2, 0.25) is 0 Å². The van der Waals surface area contributed by atoms with Crippen molar-refractivity contribution in [1.82, 2.24) is 19.6 Å². The molecule has 2 aliphatic rings. The van der Waals surface area contributed by atoms with Gasteiger partial charge in [0.15, 0.2) is 5.69 Å². The van der Waals surface area contributed by atoms with Gasteiger partial charge in [0.25, 0.3) is 0 Å². The lowest BCUT2D eigenvalue weighted by molar-refractivity contribution is -0.143. The van der Waals surface area contributed by atoms with Crippen molar-refractivity contribution in [3.8, 4) is 0 Å². The Labute approximate surface area is 134 Å². The van der Waals surface area contributed by atoms with Crippen molar-refractivity contribution >= 4 is 11.7 Å². The molecule has 2 aromatic heterocycles. The molecule has 0 saturated carbocycles. The van der Waals surface area contributed by atoms with E-state index in [2.05, 4.69) is 10.2 Å². The van der Waals surface area contributed by atoms with Crippen molar-refractivity contribution in [3.05, 3.63) is 29.2 Å². The van der Waals surface area contributed by atoms with Crippen LogP contribution in [0.5, 0.6) is 0 Å². The van der Waals surface area contributed by atoms with E-state index in [1.807, 2.05) is 0 Å². The minimum Gasteiger partial charge on any atom is -0.376 e. The van der Waals surface area contributed by atoms with Crippen molar-refractivity contribution in [1.29, 1.82) is 0 Å². The Morgan fingerprint density at radius 2 is 2.17 bits per heavy atom. The molecule has 0 bridgehead atoms. The van der Waals surface area contributed by atoms with Crippen LogP contribution in [0.1, 0.15) is 17.0 Å². The smallest absolute Gasteiger partial charge is 0.376 e. The third kappa shape index (κ3) is 2.37. The quantitative estimate of drug-likeness (QED) is 0.824. The zero-order valence-electron chi connectivity index (χ0n) is 12.6. The van der Waals surface area contributed by atoms with Crippen molar-refractivity contribution in [2.24, 2.45) is 0 Å². The van der Waals surface area contributed by atoms with Gasteiger partial charge in [0, 0.05) is 30.3 Å². The molecule has 24 heavy (non-hydrogen) atoms. The lowest BCUT2D eigenvalue weighted by Crippen LogP contribution is -2.33. The van der Waals surface area contributed by atoms with Gasteiger partial charge in [-0.3, -0.25) is 14.4 Å². The molecule has 10 heteroatoms. The van der Waals surface area contributed by atoms with E-state index in [0.717, 1.165) is 0 Å². The Balaban J connectivity index is 1.63. The third-order valence-corrected chi connectivity index (χ3v) is 4.26. The Morgan fingerprint density at radius 3 is 2.96 bits per heavy atom. The van der Waals surface area contributed by atoms with Gasteiger partial charge in [-0.1, -0.05) is 0 Å². The highest BCUT2D eigenvalue weighted by atomic mass is 19.4. The first-order valence-corrected chi connectivity index (χ1v) is 7.51. The van der Waals surface area contributed by atoms with Crippen molar-refractivity contribution < 1.29 is 22.7 Å². The summed E-state index contributed by atoms with van der Waals surface area (Å²) in [7, 11) is 0. The Hall–Kier alpha value is -2.36. The van der Waals surface area contributed by atoms with E-state index in [9.17, 15) is 18.0 Å². The number of nitrogens with zero attached hydrogens (tertiary/aromatic N) is 5. The number of carbonyl (C=O) groups is 1. The molecule has 4 heterocycles. The van der Waals surface area contributed by atoms with E-state index in [4.69, 9.17) is 4.74 Å². The number of aromatic nitrogens is 4. The van der Waals surface area contributed by atoms with E-state index >= 15 is 0 Å². The zero-order chi connectivity index (χ0) is 16.9. The molecule has 7 nitrogen and oxygen atoms in total. The first-order valence-electron chi connectivity index (χ1n) is 7.51. The van der Waals surface area contributed by atoms with Crippen LogP contribution < -0.4 is 4.90 Å². The van der Waals surface area contributed by atoms with E-state index in [0.29, 0.717) is 37.6 Å². The van der Waals surface area contributed by atoms with E-state index in [1.165, 1.54) is 9.58 Å². The second kappa shape index (κ2) is 5.33. The maximum atomic E-state index is 13.1. The Morgan fingerprint density at radius 1 is 1.33 bits per heavy atom. The van der Waals surface area contributed by atoms with Crippen LogP contribution in [0.25, 0.3) is 0 Å². The third-order valence-electron chi connectivity index (χ3n) is 4.26. The fourth-order valence-corrected chi connectivity index (χ4v) is 3.17. The highest BCUT2D eigenvalue weighted by Crippen LogP contribution is 2.34. The topological polar surface area (TPSA) is 65.2 Å². The predicted octanol–water partition coefficient (Wildman–Crippen LogP) is 1.22. The van der Waals surface area contributed by atoms with Gasteiger partial charge >= 0.3 is 6.18 Å². The summed E-state index contributed by atoms with van der Waals surface area (Å²) in [5.74, 6) is 0.347. The number of amides is 1. The minimum absolute atomic E-state index is 0.0352. The summed E-state index contributed by atoms with van der Waals surface area (Å²) in [6.07, 6.45) is -2.67. The summed E-state index contributed by atoms with van der Waals surface area (Å²) in [5.41, 5.74) is -0.501. The standard InChI is InChI=1S/C14H14F3N5O2/c15-14(16,17)13-9-8-24-6-2-10(9)22(19-13)7-12(23)20-4-5-21-11(20)1-3-18-21/h1,3H,2,4-8H2. The second-order valence-corrected chi connectivity index (χ2v) is 5.69. The number of rotatable bonds is 2. The monoisotopic (exact) mass is 341 g/mol. The average molecular weight is 341 g/mol. The maximum absolute atomic E-state index is 13.1. The summed E-state index contributed by atoms with van der Waals surface area (Å²) in [6.45, 7) is 0.993. The fourth-order valence-electron chi connectivity index (χ4n) is 3.17. The summed E-state index contributed by atoms with van der Waals surface area (Å²) in [6, 6.07) is 1.71. The van der Waals surface area contributed by atoms with Crippen molar-refractivity contribution in [2.45, 2.75) is 32.3 Å². The lowest BCUT2D eigenvalue weighted by Gasteiger charge is -2.18. The molecule has 0 N–H and O–H groups in total. The van der Waals surface area contributed by atoms with Crippen molar-refractivity contribution in [2.75, 3.05) is 18.1 Å². The molecule has 0 aliphatic carbocycles. The molecule has 2 aliphatic heterocycles. The van der Waals surface area contributed by atoms with E-state index < -0.39 is 11.9 Å². The molecule has 0 aromatic carbocycles. The van der Waals surface area contributed by atoms with Gasteiger partial charge < -0.3 is 4.74 Å². The molecule has 4 rings (SSSR count). The number of anilines is 1. The molecule has 0 spiro atoms. The molecular formula is C14H14F3N5O2. The predicted molar refractivity (Wildman–Crippen MR) is 75.2 cm³/mol. The molecule has 1 amide bonds. The molecule has 0 atom stereocenters. The van der Waals surface area contributed by atoms with Crippen LogP contribution in [0.3, 0.4) is 0 Å². The maximum Gasteiger partial charge on any atom is 0.435 e. The normalized spacial score (nSPS) is 17.0. The summed E-state index contributed by atoms with van der Waals surface area (Å²) in [4.78, 5) is 14.1. The molecule has 0 saturated heterocycles. The Kier molecular flexibility index (Phi) is 3.37. The van der Waals surface area contributed by atoms with Crippen LogP contribution in [-0.2, 0) is 41.8 Å². The van der Waals surface area contributed by atoms with Gasteiger partial charge in [0.05, 0.1) is 26.0 Å². The lowest BCUT2D eigenvalue weighted by atomic mass is 10.1. The van der Waals surface area contributed by atoms with Crippen LogP contribution in [-0.4, -0.2) is 38.6 Å². The molecule has 0 unspecified atom stereocenters. The molecule has 0 radical (unpaired) electrons. The first-order chi connectivity index (χ1) is 11.4. The number of alkyl halides is 3. The Bertz CT molecular complexity index is 795. The molecule has 2 aromatic rings.